The van der Waals surface area contributed by atoms with Crippen LogP contribution in [0.3, 0.4) is 0 Å². The van der Waals surface area contributed by atoms with Gasteiger partial charge in [0, 0.05) is 24.3 Å². The van der Waals surface area contributed by atoms with E-state index in [-0.39, 0.29) is 17.6 Å². The maximum atomic E-state index is 12.5. The van der Waals surface area contributed by atoms with Gasteiger partial charge in [-0.1, -0.05) is 37.1 Å². The minimum absolute atomic E-state index is 0.0449. The number of nitrogens with one attached hydrogen (secondary N) is 2. The fraction of sp³-hybridized carbons (Fsp3) is 0.238. The van der Waals surface area contributed by atoms with Crippen molar-refractivity contribution in [1.29, 1.82) is 0 Å². The first kappa shape index (κ1) is 19.3. The van der Waals surface area contributed by atoms with Gasteiger partial charge in [0.25, 0.3) is 11.6 Å². The summed E-state index contributed by atoms with van der Waals surface area (Å²) in [5, 5.41) is 16.5. The molecule has 7 nitrogen and oxygen atoms in total. The molecule has 0 heterocycles. The van der Waals surface area contributed by atoms with Gasteiger partial charge < -0.3 is 10.6 Å². The molecule has 1 saturated carbocycles. The molecule has 1 aliphatic carbocycles. The van der Waals surface area contributed by atoms with E-state index >= 15 is 0 Å². The number of hydrogen-bond donors (Lipinski definition) is 2. The molecular weight excluding hydrogens is 358 g/mol. The Labute approximate surface area is 162 Å². The highest BCUT2D eigenvalue weighted by Crippen LogP contribution is 2.20. The van der Waals surface area contributed by atoms with E-state index in [0.717, 1.165) is 25.7 Å². The van der Waals surface area contributed by atoms with Gasteiger partial charge in [0.15, 0.2) is 0 Å². The molecule has 0 atom stereocenters. The molecule has 28 heavy (non-hydrogen) atoms. The first-order chi connectivity index (χ1) is 13.5. The standard InChI is InChI=1S/C21H21N3O4/c25-20(13-12-15-6-5-9-17(14-15)24(27)28)23-19-11-4-3-10-18(19)21(26)22-16-7-1-2-8-16/h3-6,9-14,16H,1-2,7-8H2,(H,22,26)(H,23,25)/b13-12+. The Balaban J connectivity index is 1.67. The van der Waals surface area contributed by atoms with E-state index in [1.165, 1.54) is 24.3 Å². The minimum atomic E-state index is -0.489. The van der Waals surface area contributed by atoms with Gasteiger partial charge in [0.05, 0.1) is 16.2 Å². The summed E-state index contributed by atoms with van der Waals surface area (Å²) < 4.78 is 0. The Morgan fingerprint density at radius 1 is 1.07 bits per heavy atom. The maximum absolute atomic E-state index is 12.5. The zero-order valence-corrected chi connectivity index (χ0v) is 15.3. The molecule has 2 N–H and O–H groups in total. The van der Waals surface area contributed by atoms with Crippen molar-refractivity contribution in [2.24, 2.45) is 0 Å². The number of para-hydroxylation sites is 1. The predicted molar refractivity (Wildman–Crippen MR) is 107 cm³/mol. The second kappa shape index (κ2) is 8.94. The van der Waals surface area contributed by atoms with Crippen molar-refractivity contribution in [3.05, 3.63) is 75.8 Å². The average molecular weight is 379 g/mol. The fourth-order valence-electron chi connectivity index (χ4n) is 3.21. The Morgan fingerprint density at radius 2 is 1.82 bits per heavy atom. The van der Waals surface area contributed by atoms with Gasteiger partial charge in [-0.25, -0.2) is 0 Å². The van der Waals surface area contributed by atoms with Crippen molar-refractivity contribution in [2.45, 2.75) is 31.7 Å². The van der Waals surface area contributed by atoms with E-state index in [0.29, 0.717) is 16.8 Å². The number of hydrogen-bond acceptors (Lipinski definition) is 4. The van der Waals surface area contributed by atoms with E-state index in [4.69, 9.17) is 0 Å². The summed E-state index contributed by atoms with van der Waals surface area (Å²) in [5.41, 5.74) is 1.33. The Bertz CT molecular complexity index is 917. The van der Waals surface area contributed by atoms with Gasteiger partial charge in [-0.15, -0.1) is 0 Å². The molecule has 1 fully saturated rings. The Hall–Kier alpha value is -3.48. The molecule has 0 aliphatic heterocycles. The fourth-order valence-corrected chi connectivity index (χ4v) is 3.21. The van der Waals surface area contributed by atoms with E-state index in [9.17, 15) is 19.7 Å². The highest BCUT2D eigenvalue weighted by atomic mass is 16.6. The summed E-state index contributed by atoms with van der Waals surface area (Å²) in [6.45, 7) is 0. The molecule has 2 aromatic rings. The molecule has 2 aromatic carbocycles. The Kier molecular flexibility index (Phi) is 6.16. The highest BCUT2D eigenvalue weighted by molar-refractivity contribution is 6.07. The number of benzene rings is 2. The third kappa shape index (κ3) is 5.03. The normalized spacial score (nSPS) is 14.1. The minimum Gasteiger partial charge on any atom is -0.349 e. The van der Waals surface area contributed by atoms with E-state index in [1.807, 2.05) is 0 Å². The lowest BCUT2D eigenvalue weighted by Gasteiger charge is -2.14. The molecular formula is C21H21N3O4. The second-order valence-electron chi connectivity index (χ2n) is 6.68. The van der Waals surface area contributed by atoms with Gasteiger partial charge in [-0.05, 0) is 36.6 Å². The van der Waals surface area contributed by atoms with Crippen molar-refractivity contribution in [3.8, 4) is 0 Å². The maximum Gasteiger partial charge on any atom is 0.270 e. The molecule has 0 saturated heterocycles. The van der Waals surface area contributed by atoms with Crippen molar-refractivity contribution < 1.29 is 14.5 Å². The molecule has 0 unspecified atom stereocenters. The van der Waals surface area contributed by atoms with Crippen LogP contribution >= 0.6 is 0 Å². The molecule has 144 valence electrons. The second-order valence-corrected chi connectivity index (χ2v) is 6.68. The van der Waals surface area contributed by atoms with Crippen molar-refractivity contribution in [3.63, 3.8) is 0 Å². The van der Waals surface area contributed by atoms with Crippen LogP contribution in [-0.4, -0.2) is 22.8 Å². The summed E-state index contributed by atoms with van der Waals surface area (Å²) in [7, 11) is 0. The molecule has 0 aromatic heterocycles. The smallest absolute Gasteiger partial charge is 0.270 e. The number of nitrogens with zero attached hydrogens (tertiary/aromatic N) is 1. The third-order valence-electron chi connectivity index (χ3n) is 4.63. The van der Waals surface area contributed by atoms with Crippen LogP contribution in [0.25, 0.3) is 6.08 Å². The zero-order chi connectivity index (χ0) is 19.9. The topological polar surface area (TPSA) is 101 Å². The first-order valence-corrected chi connectivity index (χ1v) is 9.16. The van der Waals surface area contributed by atoms with E-state index in [1.54, 1.807) is 36.4 Å². The lowest BCUT2D eigenvalue weighted by Crippen LogP contribution is -2.33. The highest BCUT2D eigenvalue weighted by Gasteiger charge is 2.19. The summed E-state index contributed by atoms with van der Waals surface area (Å²) in [5.74, 6) is -0.627. The zero-order valence-electron chi connectivity index (χ0n) is 15.3. The van der Waals surface area contributed by atoms with Crippen molar-refractivity contribution in [1.82, 2.24) is 5.32 Å². The van der Waals surface area contributed by atoms with Crippen LogP contribution in [0.5, 0.6) is 0 Å². The molecule has 2 amide bonds. The predicted octanol–water partition coefficient (Wildman–Crippen LogP) is 3.92. The van der Waals surface area contributed by atoms with E-state index < -0.39 is 10.8 Å². The number of amides is 2. The molecule has 0 spiro atoms. The molecule has 0 radical (unpaired) electrons. The number of anilines is 1. The lowest BCUT2D eigenvalue weighted by molar-refractivity contribution is -0.384. The number of carbonyl (C=O) groups excluding carboxylic acids is 2. The molecule has 3 rings (SSSR count). The summed E-state index contributed by atoms with van der Waals surface area (Å²) in [4.78, 5) is 35.1. The number of carbonyl (C=O) groups is 2. The SMILES string of the molecule is O=C(/C=C/c1cccc([N+](=O)[O-])c1)Nc1ccccc1C(=O)NC1CCCC1. The summed E-state index contributed by atoms with van der Waals surface area (Å²) in [6, 6.07) is 13.0. The summed E-state index contributed by atoms with van der Waals surface area (Å²) in [6.07, 6.45) is 6.96. The lowest BCUT2D eigenvalue weighted by atomic mass is 10.1. The Morgan fingerprint density at radius 3 is 2.57 bits per heavy atom. The number of nitro benzene ring substituents is 1. The quantitative estimate of drug-likeness (QED) is 0.451. The van der Waals surface area contributed by atoms with Crippen molar-refractivity contribution in [2.75, 3.05) is 5.32 Å². The van der Waals surface area contributed by atoms with Gasteiger partial charge >= 0.3 is 0 Å². The molecule has 0 bridgehead atoms. The van der Waals surface area contributed by atoms with Crippen LogP contribution in [0.4, 0.5) is 11.4 Å². The molecule has 7 heteroatoms. The van der Waals surface area contributed by atoms with Crippen LogP contribution in [0, 0.1) is 10.1 Å². The third-order valence-corrected chi connectivity index (χ3v) is 4.63. The van der Waals surface area contributed by atoms with E-state index in [2.05, 4.69) is 10.6 Å². The van der Waals surface area contributed by atoms with Crippen molar-refractivity contribution >= 4 is 29.3 Å². The first-order valence-electron chi connectivity index (χ1n) is 9.16. The average Bonchev–Trinajstić information content (AvgIpc) is 3.20. The van der Waals surface area contributed by atoms with Crippen LogP contribution in [0.15, 0.2) is 54.6 Å². The summed E-state index contributed by atoms with van der Waals surface area (Å²) >= 11 is 0. The molecule has 1 aliphatic rings. The number of non-ortho nitro benzene ring substituents is 1. The largest absolute Gasteiger partial charge is 0.349 e. The van der Waals surface area contributed by atoms with Crippen LogP contribution in [0.2, 0.25) is 0 Å². The number of rotatable bonds is 6. The van der Waals surface area contributed by atoms with Gasteiger partial charge in [-0.2, -0.15) is 0 Å². The van der Waals surface area contributed by atoms with Crippen LogP contribution in [0.1, 0.15) is 41.6 Å². The van der Waals surface area contributed by atoms with Crippen LogP contribution in [-0.2, 0) is 4.79 Å². The van der Waals surface area contributed by atoms with Gasteiger partial charge in [0.2, 0.25) is 5.91 Å². The monoisotopic (exact) mass is 379 g/mol. The number of nitro groups is 1. The van der Waals surface area contributed by atoms with Gasteiger partial charge in [-0.3, -0.25) is 19.7 Å². The van der Waals surface area contributed by atoms with Crippen LogP contribution < -0.4 is 10.6 Å². The van der Waals surface area contributed by atoms with Gasteiger partial charge in [0.1, 0.15) is 0 Å².